The Balaban J connectivity index is 0.00000196. The number of nitrogens with zero attached hydrogens (tertiary/aromatic N) is 3. The van der Waals surface area contributed by atoms with Crippen LogP contribution in [0.15, 0.2) is 42.6 Å². The lowest BCUT2D eigenvalue weighted by Crippen LogP contribution is -2.31. The standard InChI is InChI=1S/C31H29F2N5O6.CH5N.ClH/c1-15-17-8-10-23(19(17)7-6-18(15)30(43)44-31(2,3)4)37-28(40)25-12-24(36-26-20(29(41)42)14-35-38(25)26)27(39)34-13-16-5-9-21(32)22(33)11-16;1-2;/h5-7,9,11-12,14,23H,8,10,13H2,1-4H3,(H,34,39)(H,37,40)(H,41,42);2H2,1H3;1H/t23-;;/m0../s1. The number of amides is 2. The van der Waals surface area contributed by atoms with Crippen molar-refractivity contribution >= 4 is 41.8 Å². The first-order valence-electron chi connectivity index (χ1n) is 14.3. The van der Waals surface area contributed by atoms with Gasteiger partial charge in [-0.3, -0.25) is 9.59 Å². The molecule has 12 nitrogen and oxygen atoms in total. The summed E-state index contributed by atoms with van der Waals surface area (Å²) in [5.41, 5.74) is 6.09. The summed E-state index contributed by atoms with van der Waals surface area (Å²) in [5.74, 6) is -5.33. The zero-order valence-electron chi connectivity index (χ0n) is 26.3. The van der Waals surface area contributed by atoms with Crippen molar-refractivity contribution in [1.29, 1.82) is 0 Å². The molecule has 2 heterocycles. The number of carboxylic acids is 1. The number of hydrogen-bond acceptors (Lipinski definition) is 8. The van der Waals surface area contributed by atoms with E-state index in [1.807, 2.05) is 6.92 Å². The Morgan fingerprint density at radius 2 is 1.74 bits per heavy atom. The lowest BCUT2D eigenvalue weighted by atomic mass is 9.97. The maximum Gasteiger partial charge on any atom is 0.341 e. The highest BCUT2D eigenvalue weighted by Crippen LogP contribution is 2.35. The predicted molar refractivity (Wildman–Crippen MR) is 170 cm³/mol. The summed E-state index contributed by atoms with van der Waals surface area (Å²) in [6.07, 6.45) is 2.16. The maximum atomic E-state index is 13.6. The van der Waals surface area contributed by atoms with E-state index in [-0.39, 0.29) is 47.1 Å². The lowest BCUT2D eigenvalue weighted by Gasteiger charge is -2.21. The maximum absolute atomic E-state index is 13.6. The second-order valence-corrected chi connectivity index (χ2v) is 11.4. The van der Waals surface area contributed by atoms with Gasteiger partial charge < -0.3 is 26.2 Å². The van der Waals surface area contributed by atoms with Crippen molar-refractivity contribution in [3.8, 4) is 0 Å². The zero-order valence-corrected chi connectivity index (χ0v) is 27.1. The molecular weight excluding hydrogens is 638 g/mol. The molecular formula is C32H35ClF2N6O6. The van der Waals surface area contributed by atoms with Crippen LogP contribution in [0, 0.1) is 18.6 Å². The van der Waals surface area contributed by atoms with E-state index in [4.69, 9.17) is 4.74 Å². The van der Waals surface area contributed by atoms with Crippen molar-refractivity contribution in [2.24, 2.45) is 5.73 Å². The van der Waals surface area contributed by atoms with Gasteiger partial charge in [-0.25, -0.2) is 27.9 Å². The number of benzene rings is 2. The van der Waals surface area contributed by atoms with Gasteiger partial charge in [-0.05, 0) is 88.0 Å². The minimum Gasteiger partial charge on any atom is -0.477 e. The molecule has 0 fully saturated rings. The smallest absolute Gasteiger partial charge is 0.341 e. The van der Waals surface area contributed by atoms with E-state index in [1.54, 1.807) is 32.9 Å². The van der Waals surface area contributed by atoms with Crippen LogP contribution in [0.5, 0.6) is 0 Å². The molecule has 47 heavy (non-hydrogen) atoms. The molecule has 0 radical (unpaired) electrons. The van der Waals surface area contributed by atoms with Gasteiger partial charge in [-0.15, -0.1) is 12.4 Å². The third-order valence-corrected chi connectivity index (χ3v) is 7.22. The molecule has 0 saturated heterocycles. The molecule has 0 bridgehead atoms. The fourth-order valence-electron chi connectivity index (χ4n) is 5.13. The summed E-state index contributed by atoms with van der Waals surface area (Å²) >= 11 is 0. The summed E-state index contributed by atoms with van der Waals surface area (Å²) in [5, 5.41) is 19.1. The number of carbonyl (C=O) groups is 4. The van der Waals surface area contributed by atoms with Crippen molar-refractivity contribution in [1.82, 2.24) is 25.2 Å². The molecule has 1 atom stereocenters. The van der Waals surface area contributed by atoms with Gasteiger partial charge in [0.25, 0.3) is 11.8 Å². The van der Waals surface area contributed by atoms with E-state index in [9.17, 15) is 33.1 Å². The van der Waals surface area contributed by atoms with Crippen molar-refractivity contribution in [3.63, 3.8) is 0 Å². The molecule has 1 aliphatic carbocycles. The molecule has 5 N–H and O–H groups in total. The van der Waals surface area contributed by atoms with Crippen molar-refractivity contribution in [3.05, 3.63) is 99.0 Å². The van der Waals surface area contributed by atoms with Gasteiger partial charge in [-0.2, -0.15) is 5.10 Å². The number of carbonyl (C=O) groups excluding carboxylic acids is 3. The molecule has 15 heteroatoms. The van der Waals surface area contributed by atoms with Crippen LogP contribution < -0.4 is 16.4 Å². The van der Waals surface area contributed by atoms with E-state index >= 15 is 0 Å². The number of halogens is 3. The molecule has 0 spiro atoms. The zero-order chi connectivity index (χ0) is 33.9. The predicted octanol–water partition coefficient (Wildman–Crippen LogP) is 4.31. The number of rotatable bonds is 7. The van der Waals surface area contributed by atoms with Gasteiger partial charge in [0, 0.05) is 12.6 Å². The third kappa shape index (κ3) is 7.89. The number of carboxylic acid groups (broad SMARTS) is 1. The van der Waals surface area contributed by atoms with Crippen LogP contribution in [-0.4, -0.2) is 56.1 Å². The molecule has 250 valence electrons. The van der Waals surface area contributed by atoms with Crippen molar-refractivity contribution in [2.45, 2.75) is 58.7 Å². The Hall–Kier alpha value is -4.95. The van der Waals surface area contributed by atoms with Crippen molar-refractivity contribution < 1.29 is 37.8 Å². The van der Waals surface area contributed by atoms with Crippen LogP contribution >= 0.6 is 12.4 Å². The molecule has 4 aromatic rings. The number of fused-ring (bicyclic) bond motifs is 2. The van der Waals surface area contributed by atoms with Gasteiger partial charge in [0.05, 0.1) is 17.8 Å². The Labute approximate surface area is 275 Å². The molecule has 2 aromatic carbocycles. The normalized spacial score (nSPS) is 13.5. The minimum atomic E-state index is -1.36. The molecule has 5 rings (SSSR count). The Morgan fingerprint density at radius 1 is 1.04 bits per heavy atom. The fourth-order valence-corrected chi connectivity index (χ4v) is 5.13. The number of esters is 1. The molecule has 0 saturated carbocycles. The van der Waals surface area contributed by atoms with Crippen LogP contribution in [0.3, 0.4) is 0 Å². The van der Waals surface area contributed by atoms with Crippen LogP contribution in [0.4, 0.5) is 8.78 Å². The first-order valence-corrected chi connectivity index (χ1v) is 14.3. The first-order chi connectivity index (χ1) is 21.7. The number of nitrogens with one attached hydrogen (secondary N) is 2. The van der Waals surface area contributed by atoms with Crippen molar-refractivity contribution in [2.75, 3.05) is 7.05 Å². The van der Waals surface area contributed by atoms with Gasteiger partial charge in [0.2, 0.25) is 0 Å². The number of nitrogens with two attached hydrogens (primary N) is 1. The highest BCUT2D eigenvalue weighted by molar-refractivity contribution is 6.01. The molecule has 0 unspecified atom stereocenters. The number of aromatic carboxylic acids is 1. The Kier molecular flexibility index (Phi) is 11.4. The number of hydrogen-bond donors (Lipinski definition) is 4. The minimum absolute atomic E-state index is 0. The lowest BCUT2D eigenvalue weighted by molar-refractivity contribution is 0.00681. The topological polar surface area (TPSA) is 178 Å². The largest absolute Gasteiger partial charge is 0.477 e. The van der Waals surface area contributed by atoms with E-state index in [1.165, 1.54) is 19.2 Å². The fraction of sp³-hybridized carbons (Fsp3) is 0.312. The summed E-state index contributed by atoms with van der Waals surface area (Å²) in [6, 6.07) is 7.33. The summed E-state index contributed by atoms with van der Waals surface area (Å²) in [7, 11) is 1.50. The molecule has 2 amide bonds. The number of ether oxygens (including phenoxy) is 1. The average molecular weight is 673 g/mol. The summed E-state index contributed by atoms with van der Waals surface area (Å²) in [4.78, 5) is 55.3. The molecule has 0 aliphatic heterocycles. The first kappa shape index (κ1) is 36.5. The monoisotopic (exact) mass is 672 g/mol. The molecule has 1 aliphatic rings. The third-order valence-electron chi connectivity index (χ3n) is 7.22. The number of aromatic nitrogens is 3. The summed E-state index contributed by atoms with van der Waals surface area (Å²) in [6.45, 7) is 7.01. The highest BCUT2D eigenvalue weighted by Gasteiger charge is 2.30. The Bertz CT molecular complexity index is 1860. The van der Waals surface area contributed by atoms with Crippen LogP contribution in [-0.2, 0) is 17.7 Å². The van der Waals surface area contributed by atoms with Gasteiger partial charge in [0.15, 0.2) is 17.3 Å². The van der Waals surface area contributed by atoms with Crippen LogP contribution in [0.1, 0.15) is 97.2 Å². The van der Waals surface area contributed by atoms with E-state index in [0.29, 0.717) is 18.4 Å². The second kappa shape index (κ2) is 14.6. The second-order valence-electron chi connectivity index (χ2n) is 11.4. The van der Waals surface area contributed by atoms with E-state index in [2.05, 4.69) is 26.4 Å². The van der Waals surface area contributed by atoms with Crippen LogP contribution in [0.2, 0.25) is 0 Å². The van der Waals surface area contributed by atoms with E-state index in [0.717, 1.165) is 39.5 Å². The van der Waals surface area contributed by atoms with Gasteiger partial charge >= 0.3 is 11.9 Å². The van der Waals surface area contributed by atoms with Gasteiger partial charge in [0.1, 0.15) is 22.6 Å². The van der Waals surface area contributed by atoms with Crippen LogP contribution in [0.25, 0.3) is 5.65 Å². The average Bonchev–Trinajstić information content (AvgIpc) is 3.62. The van der Waals surface area contributed by atoms with E-state index < -0.39 is 47.0 Å². The Morgan fingerprint density at radius 3 is 2.38 bits per heavy atom. The molecule has 2 aromatic heterocycles. The summed E-state index contributed by atoms with van der Waals surface area (Å²) < 4.78 is 33.4. The van der Waals surface area contributed by atoms with Gasteiger partial charge in [-0.1, -0.05) is 12.1 Å². The SMILES string of the molecule is CN.Cc1c(C(=O)OC(C)(C)C)ccc2c1CC[C@@H]2NC(=O)c1cc(C(=O)NCc2ccc(F)c(F)c2)nc2c(C(=O)O)cnn12.Cl. The highest BCUT2D eigenvalue weighted by atomic mass is 35.5. The quantitative estimate of drug-likeness (QED) is 0.208.